The normalized spacial score (nSPS) is 16.3. The fraction of sp³-hybridized carbons (Fsp3) is 0.522. The van der Waals surface area contributed by atoms with Crippen molar-refractivity contribution in [1.29, 1.82) is 0 Å². The summed E-state index contributed by atoms with van der Waals surface area (Å²) in [6.45, 7) is 10.5. The van der Waals surface area contributed by atoms with Crippen LogP contribution in [-0.4, -0.2) is 25.2 Å². The highest BCUT2D eigenvalue weighted by molar-refractivity contribution is 5.77. The van der Waals surface area contributed by atoms with E-state index in [1.807, 2.05) is 4.57 Å². The molecule has 7 heteroatoms. The zero-order valence-electron chi connectivity index (χ0n) is 18.6. The standard InChI is InChI=1S/C23H31N5O2/c1-6-7-8-9-26-21(29)19-20(25(5)23(26)30)24-22-27(13-17(4)14-28(19)22)18-11-15(2)10-16(3)12-18/h10-12,17H,6-9,13-14H2,1-5H3. The van der Waals surface area contributed by atoms with Gasteiger partial charge in [0, 0.05) is 32.4 Å². The van der Waals surface area contributed by atoms with Crippen LogP contribution in [0.1, 0.15) is 44.2 Å². The quantitative estimate of drug-likeness (QED) is 0.605. The Bertz CT molecular complexity index is 1200. The molecule has 1 aromatic carbocycles. The molecular formula is C23H31N5O2. The molecule has 3 aromatic rings. The highest BCUT2D eigenvalue weighted by atomic mass is 16.2. The van der Waals surface area contributed by atoms with Crippen LogP contribution < -0.4 is 16.1 Å². The molecule has 3 heterocycles. The number of hydrogen-bond acceptors (Lipinski definition) is 4. The fourth-order valence-electron chi connectivity index (χ4n) is 4.55. The van der Waals surface area contributed by atoms with Crippen molar-refractivity contribution in [3.8, 4) is 0 Å². The van der Waals surface area contributed by atoms with Gasteiger partial charge >= 0.3 is 5.69 Å². The van der Waals surface area contributed by atoms with Crippen LogP contribution >= 0.6 is 0 Å². The molecule has 0 bridgehead atoms. The van der Waals surface area contributed by atoms with E-state index in [-0.39, 0.29) is 11.2 Å². The van der Waals surface area contributed by atoms with E-state index in [0.717, 1.165) is 44.0 Å². The van der Waals surface area contributed by atoms with Gasteiger partial charge in [-0.15, -0.1) is 0 Å². The molecular weight excluding hydrogens is 378 g/mol. The van der Waals surface area contributed by atoms with Crippen LogP contribution in [0.4, 0.5) is 11.6 Å². The van der Waals surface area contributed by atoms with Gasteiger partial charge in [-0.25, -0.2) is 4.79 Å². The van der Waals surface area contributed by atoms with Crippen LogP contribution in [0.2, 0.25) is 0 Å². The third-order valence-electron chi connectivity index (χ3n) is 5.95. The Kier molecular flexibility index (Phi) is 5.30. The summed E-state index contributed by atoms with van der Waals surface area (Å²) in [5, 5.41) is 0. The molecule has 0 aliphatic carbocycles. The van der Waals surface area contributed by atoms with E-state index in [2.05, 4.69) is 50.8 Å². The number of rotatable bonds is 5. The highest BCUT2D eigenvalue weighted by Gasteiger charge is 2.29. The average Bonchev–Trinajstić information content (AvgIpc) is 3.07. The molecule has 0 N–H and O–H groups in total. The first kappa shape index (κ1) is 20.4. The first-order chi connectivity index (χ1) is 14.3. The second-order valence-electron chi connectivity index (χ2n) is 8.76. The van der Waals surface area contributed by atoms with E-state index in [4.69, 9.17) is 4.98 Å². The van der Waals surface area contributed by atoms with Crippen LogP contribution in [-0.2, 0) is 20.1 Å². The number of unbranched alkanes of at least 4 members (excludes halogenated alkanes) is 2. The lowest BCUT2D eigenvalue weighted by Crippen LogP contribution is -2.40. The van der Waals surface area contributed by atoms with Gasteiger partial charge in [0.05, 0.1) is 0 Å². The van der Waals surface area contributed by atoms with E-state index in [1.54, 1.807) is 7.05 Å². The molecule has 1 aliphatic rings. The molecule has 0 fully saturated rings. The third-order valence-corrected chi connectivity index (χ3v) is 5.95. The van der Waals surface area contributed by atoms with Gasteiger partial charge in [0.2, 0.25) is 5.95 Å². The minimum Gasteiger partial charge on any atom is -0.312 e. The maximum atomic E-state index is 13.4. The lowest BCUT2D eigenvalue weighted by molar-refractivity contribution is 0.457. The van der Waals surface area contributed by atoms with Gasteiger partial charge in [-0.3, -0.25) is 13.9 Å². The van der Waals surface area contributed by atoms with E-state index in [9.17, 15) is 9.59 Å². The van der Waals surface area contributed by atoms with Crippen molar-refractivity contribution in [3.05, 3.63) is 50.2 Å². The van der Waals surface area contributed by atoms with Gasteiger partial charge in [0.25, 0.3) is 5.56 Å². The summed E-state index contributed by atoms with van der Waals surface area (Å²) in [6, 6.07) is 6.45. The van der Waals surface area contributed by atoms with Crippen molar-refractivity contribution < 1.29 is 0 Å². The molecule has 2 aromatic heterocycles. The zero-order chi connectivity index (χ0) is 21.6. The molecule has 1 unspecified atom stereocenters. The summed E-state index contributed by atoms with van der Waals surface area (Å²) in [6.07, 6.45) is 2.86. The van der Waals surface area contributed by atoms with E-state index in [0.29, 0.717) is 23.6 Å². The highest BCUT2D eigenvalue weighted by Crippen LogP contribution is 2.33. The molecule has 7 nitrogen and oxygen atoms in total. The van der Waals surface area contributed by atoms with Gasteiger partial charge in [0.1, 0.15) is 0 Å². The van der Waals surface area contributed by atoms with Gasteiger partial charge in [0.15, 0.2) is 11.2 Å². The number of imidazole rings is 1. The topological polar surface area (TPSA) is 65.1 Å². The maximum Gasteiger partial charge on any atom is 0.332 e. The molecule has 160 valence electrons. The van der Waals surface area contributed by atoms with Gasteiger partial charge in [-0.2, -0.15) is 4.98 Å². The second-order valence-corrected chi connectivity index (χ2v) is 8.76. The van der Waals surface area contributed by atoms with Crippen LogP contribution in [0, 0.1) is 19.8 Å². The summed E-state index contributed by atoms with van der Waals surface area (Å²) in [7, 11) is 1.71. The lowest BCUT2D eigenvalue weighted by Gasteiger charge is -2.33. The summed E-state index contributed by atoms with van der Waals surface area (Å²) < 4.78 is 4.92. The second kappa shape index (κ2) is 7.78. The molecule has 0 spiro atoms. The van der Waals surface area contributed by atoms with Crippen molar-refractivity contribution in [3.63, 3.8) is 0 Å². The van der Waals surface area contributed by atoms with E-state index >= 15 is 0 Å². The summed E-state index contributed by atoms with van der Waals surface area (Å²) in [5.74, 6) is 1.09. The van der Waals surface area contributed by atoms with Gasteiger partial charge in [-0.1, -0.05) is 32.8 Å². The molecule has 0 saturated heterocycles. The maximum absolute atomic E-state index is 13.4. The first-order valence-electron chi connectivity index (χ1n) is 10.9. The Morgan fingerprint density at radius 3 is 2.43 bits per heavy atom. The van der Waals surface area contributed by atoms with E-state index in [1.165, 1.54) is 20.3 Å². The third kappa shape index (κ3) is 3.36. The van der Waals surface area contributed by atoms with Crippen LogP contribution in [0.3, 0.4) is 0 Å². The zero-order valence-corrected chi connectivity index (χ0v) is 18.6. The minimum atomic E-state index is -0.287. The molecule has 0 amide bonds. The van der Waals surface area contributed by atoms with E-state index < -0.39 is 0 Å². The van der Waals surface area contributed by atoms with Gasteiger partial charge < -0.3 is 9.47 Å². The number of fused-ring (bicyclic) bond motifs is 3. The number of aryl methyl sites for hydroxylation is 3. The summed E-state index contributed by atoms with van der Waals surface area (Å²) >= 11 is 0. The summed E-state index contributed by atoms with van der Waals surface area (Å²) in [4.78, 5) is 33.2. The SMILES string of the molecule is CCCCCn1c(=O)c2c(nc3n2CC(C)CN3c2cc(C)cc(C)c2)n(C)c1=O. The Labute approximate surface area is 176 Å². The van der Waals surface area contributed by atoms with Crippen LogP contribution in [0.25, 0.3) is 11.2 Å². The molecule has 30 heavy (non-hydrogen) atoms. The van der Waals surface area contributed by atoms with Crippen molar-refractivity contribution >= 4 is 22.8 Å². The van der Waals surface area contributed by atoms with Crippen molar-refractivity contribution in [2.24, 2.45) is 13.0 Å². The molecule has 0 radical (unpaired) electrons. The largest absolute Gasteiger partial charge is 0.332 e. The predicted molar refractivity (Wildman–Crippen MR) is 121 cm³/mol. The number of anilines is 2. The number of benzene rings is 1. The number of aromatic nitrogens is 4. The minimum absolute atomic E-state index is 0.225. The molecule has 4 rings (SSSR count). The number of nitrogens with zero attached hydrogens (tertiary/aromatic N) is 5. The van der Waals surface area contributed by atoms with Crippen molar-refractivity contribution in [1.82, 2.24) is 18.7 Å². The fourth-order valence-corrected chi connectivity index (χ4v) is 4.55. The van der Waals surface area contributed by atoms with Crippen molar-refractivity contribution in [2.45, 2.75) is 60.0 Å². The number of hydrogen-bond donors (Lipinski definition) is 0. The predicted octanol–water partition coefficient (Wildman–Crippen LogP) is 3.49. The Morgan fingerprint density at radius 1 is 1.07 bits per heavy atom. The average molecular weight is 410 g/mol. The summed E-state index contributed by atoms with van der Waals surface area (Å²) in [5.41, 5.74) is 3.94. The Hall–Kier alpha value is -2.83. The first-order valence-corrected chi connectivity index (χ1v) is 10.9. The Balaban J connectivity index is 1.93. The van der Waals surface area contributed by atoms with Crippen LogP contribution in [0.5, 0.6) is 0 Å². The lowest BCUT2D eigenvalue weighted by atomic mass is 10.1. The molecule has 1 aliphatic heterocycles. The Morgan fingerprint density at radius 2 is 1.77 bits per heavy atom. The molecule has 0 saturated carbocycles. The molecule has 1 atom stereocenters. The monoisotopic (exact) mass is 409 g/mol. The van der Waals surface area contributed by atoms with Gasteiger partial charge in [-0.05, 0) is 49.4 Å². The smallest absolute Gasteiger partial charge is 0.312 e. The van der Waals surface area contributed by atoms with Crippen LogP contribution in [0.15, 0.2) is 27.8 Å². The van der Waals surface area contributed by atoms with Crippen molar-refractivity contribution in [2.75, 3.05) is 11.4 Å².